The van der Waals surface area contributed by atoms with Crippen molar-refractivity contribution < 1.29 is 19.4 Å². The molecule has 2 aromatic heterocycles. The zero-order valence-electron chi connectivity index (χ0n) is 15.6. The molecular weight excluding hydrogens is 360 g/mol. The van der Waals surface area contributed by atoms with Crippen LogP contribution in [0.3, 0.4) is 0 Å². The number of aromatic nitrogens is 3. The van der Waals surface area contributed by atoms with Crippen LogP contribution in [0, 0.1) is 5.92 Å². The molecule has 0 saturated heterocycles. The number of rotatable bonds is 4. The minimum atomic E-state index is -1.16. The van der Waals surface area contributed by atoms with Crippen LogP contribution in [0.2, 0.25) is 5.15 Å². The second kappa shape index (κ2) is 7.11. The van der Waals surface area contributed by atoms with Crippen molar-refractivity contribution in [2.45, 2.75) is 46.3 Å². The Balaban J connectivity index is 2.64. The molecule has 9 heteroatoms. The van der Waals surface area contributed by atoms with Gasteiger partial charge in [-0.1, -0.05) is 25.4 Å². The Morgan fingerprint density at radius 3 is 2.46 bits per heavy atom. The molecule has 1 amide bonds. The molecule has 2 heterocycles. The van der Waals surface area contributed by atoms with E-state index in [1.165, 1.54) is 21.7 Å². The minimum absolute atomic E-state index is 0.0497. The summed E-state index contributed by atoms with van der Waals surface area (Å²) < 4.78 is 6.81. The lowest BCUT2D eigenvalue weighted by atomic mass is 9.96. The van der Waals surface area contributed by atoms with Gasteiger partial charge in [0.1, 0.15) is 11.2 Å². The van der Waals surface area contributed by atoms with Gasteiger partial charge in [0.05, 0.1) is 11.7 Å². The molecule has 0 radical (unpaired) electrons. The van der Waals surface area contributed by atoms with E-state index in [2.05, 4.69) is 10.1 Å². The third-order valence-corrected chi connectivity index (χ3v) is 3.92. The van der Waals surface area contributed by atoms with Crippen LogP contribution in [-0.4, -0.2) is 49.3 Å². The lowest BCUT2D eigenvalue weighted by Gasteiger charge is -2.33. The molecule has 0 fully saturated rings. The van der Waals surface area contributed by atoms with E-state index in [0.717, 1.165) is 0 Å². The largest absolute Gasteiger partial charge is 0.478 e. The summed E-state index contributed by atoms with van der Waals surface area (Å²) in [4.78, 5) is 29.8. The highest BCUT2D eigenvalue weighted by Crippen LogP contribution is 2.32. The summed E-state index contributed by atoms with van der Waals surface area (Å²) in [6, 6.07) is 0.916. The van der Waals surface area contributed by atoms with Crippen molar-refractivity contribution in [3.05, 3.63) is 28.7 Å². The number of aromatic carboxylic acids is 1. The van der Waals surface area contributed by atoms with Crippen molar-refractivity contribution in [1.29, 1.82) is 0 Å². The van der Waals surface area contributed by atoms with Crippen LogP contribution in [0.1, 0.15) is 56.7 Å². The zero-order valence-corrected chi connectivity index (χ0v) is 16.4. The summed E-state index contributed by atoms with van der Waals surface area (Å²) in [7, 11) is 1.57. The zero-order chi connectivity index (χ0) is 19.8. The van der Waals surface area contributed by atoms with Crippen molar-refractivity contribution in [2.75, 3.05) is 7.05 Å². The maximum absolute atomic E-state index is 12.6. The highest BCUT2D eigenvalue weighted by Gasteiger charge is 2.34. The normalized spacial score (nSPS) is 13.1. The number of hydrogen-bond acceptors (Lipinski definition) is 5. The van der Waals surface area contributed by atoms with Crippen LogP contribution < -0.4 is 0 Å². The number of carbonyl (C=O) groups excluding carboxylic acids is 1. The van der Waals surface area contributed by atoms with E-state index in [9.17, 15) is 14.7 Å². The molecule has 2 aromatic rings. The van der Waals surface area contributed by atoms with Gasteiger partial charge >= 0.3 is 12.1 Å². The van der Waals surface area contributed by atoms with Crippen molar-refractivity contribution >= 4 is 29.3 Å². The smallest absolute Gasteiger partial charge is 0.410 e. The number of fused-ring (bicyclic) bond motifs is 1. The molecule has 0 aliphatic carbocycles. The van der Waals surface area contributed by atoms with Crippen molar-refractivity contribution in [3.8, 4) is 0 Å². The highest BCUT2D eigenvalue weighted by atomic mass is 35.5. The van der Waals surface area contributed by atoms with E-state index < -0.39 is 23.7 Å². The Morgan fingerprint density at radius 2 is 1.96 bits per heavy atom. The van der Waals surface area contributed by atoms with Crippen molar-refractivity contribution in [2.24, 2.45) is 5.92 Å². The molecule has 0 bridgehead atoms. The van der Waals surface area contributed by atoms with Gasteiger partial charge in [0, 0.05) is 19.3 Å². The number of carboxylic acid groups (broad SMARTS) is 1. The molecule has 142 valence electrons. The van der Waals surface area contributed by atoms with Crippen LogP contribution in [0.25, 0.3) is 5.65 Å². The van der Waals surface area contributed by atoms with Gasteiger partial charge < -0.3 is 14.7 Å². The lowest BCUT2D eigenvalue weighted by molar-refractivity contribution is 0.0165. The van der Waals surface area contributed by atoms with E-state index in [1.54, 1.807) is 27.8 Å². The maximum Gasteiger partial charge on any atom is 0.410 e. The summed E-state index contributed by atoms with van der Waals surface area (Å²) in [6.07, 6.45) is 0.694. The van der Waals surface area contributed by atoms with Gasteiger partial charge in [-0.15, -0.1) is 0 Å². The number of nitrogens with zero attached hydrogens (tertiary/aromatic N) is 4. The van der Waals surface area contributed by atoms with Gasteiger partial charge in [-0.2, -0.15) is 5.10 Å². The summed E-state index contributed by atoms with van der Waals surface area (Å²) in [5.74, 6) is -1.29. The Bertz CT molecular complexity index is 841. The summed E-state index contributed by atoms with van der Waals surface area (Å²) in [6.45, 7) is 9.07. The fourth-order valence-electron chi connectivity index (χ4n) is 2.77. The van der Waals surface area contributed by atoms with Gasteiger partial charge in [0.2, 0.25) is 0 Å². The van der Waals surface area contributed by atoms with Crippen LogP contribution >= 0.6 is 11.6 Å². The number of carbonyl (C=O) groups is 2. The third-order valence-electron chi connectivity index (χ3n) is 3.73. The number of carboxylic acids is 1. The number of amides is 1. The SMILES string of the molecule is CC(C)[C@@H](c1c(C(=O)O)cnc2cc(Cl)nn12)N(C)C(=O)OC(C)(C)C. The van der Waals surface area contributed by atoms with Crippen LogP contribution in [0.15, 0.2) is 12.3 Å². The molecule has 1 atom stereocenters. The number of halogens is 1. The fraction of sp³-hybridized carbons (Fsp3) is 0.529. The average Bonchev–Trinajstić information content (AvgIpc) is 2.85. The van der Waals surface area contributed by atoms with Crippen molar-refractivity contribution in [1.82, 2.24) is 19.5 Å². The fourth-order valence-corrected chi connectivity index (χ4v) is 2.94. The third kappa shape index (κ3) is 4.07. The molecule has 0 aliphatic rings. The Morgan fingerprint density at radius 1 is 1.35 bits per heavy atom. The lowest BCUT2D eigenvalue weighted by Crippen LogP contribution is -2.40. The molecule has 0 aliphatic heterocycles. The quantitative estimate of drug-likeness (QED) is 0.866. The first-order valence-corrected chi connectivity index (χ1v) is 8.53. The molecule has 8 nitrogen and oxygen atoms in total. The molecule has 0 spiro atoms. The van der Waals surface area contributed by atoms with Gasteiger partial charge in [-0.05, 0) is 26.7 Å². The second-order valence-corrected chi connectivity index (χ2v) is 7.77. The minimum Gasteiger partial charge on any atom is -0.478 e. The van der Waals surface area contributed by atoms with E-state index >= 15 is 0 Å². The Kier molecular flexibility index (Phi) is 5.46. The first-order chi connectivity index (χ1) is 11.9. The monoisotopic (exact) mass is 382 g/mol. The van der Waals surface area contributed by atoms with Gasteiger partial charge in [-0.25, -0.2) is 19.1 Å². The number of ether oxygens (including phenoxy) is 1. The van der Waals surface area contributed by atoms with Crippen LogP contribution in [-0.2, 0) is 4.74 Å². The van der Waals surface area contributed by atoms with Crippen LogP contribution in [0.4, 0.5) is 4.79 Å². The van der Waals surface area contributed by atoms with E-state index in [0.29, 0.717) is 11.3 Å². The predicted octanol–water partition coefficient (Wildman–Crippen LogP) is 3.64. The molecule has 0 saturated carbocycles. The molecule has 26 heavy (non-hydrogen) atoms. The topological polar surface area (TPSA) is 97.0 Å². The molecule has 0 unspecified atom stereocenters. The highest BCUT2D eigenvalue weighted by molar-refractivity contribution is 6.29. The summed E-state index contributed by atoms with van der Waals surface area (Å²) >= 11 is 5.98. The molecule has 0 aromatic carbocycles. The Hall–Kier alpha value is -2.35. The maximum atomic E-state index is 12.6. The van der Waals surface area contributed by atoms with Crippen LogP contribution in [0.5, 0.6) is 0 Å². The number of hydrogen-bond donors (Lipinski definition) is 1. The Labute approximate surface area is 156 Å². The first kappa shape index (κ1) is 20.0. The van der Waals surface area contributed by atoms with Gasteiger partial charge in [-0.3, -0.25) is 0 Å². The summed E-state index contributed by atoms with van der Waals surface area (Å²) in [5.41, 5.74) is -0.00666. The standard InChI is InChI=1S/C17H23ClN4O4/c1-9(2)13(21(6)16(25)26-17(3,4)5)14-10(15(23)24)8-19-12-7-11(18)20-22(12)14/h7-9,13H,1-6H3,(H,23,24)/t13-/m0/s1. The van der Waals surface area contributed by atoms with E-state index in [4.69, 9.17) is 16.3 Å². The summed E-state index contributed by atoms with van der Waals surface area (Å²) in [5, 5.41) is 14.0. The average molecular weight is 383 g/mol. The molecule has 2 rings (SSSR count). The van der Waals surface area contributed by atoms with E-state index in [1.807, 2.05) is 13.8 Å². The second-order valence-electron chi connectivity index (χ2n) is 7.38. The molecular formula is C17H23ClN4O4. The van der Waals surface area contributed by atoms with Crippen molar-refractivity contribution in [3.63, 3.8) is 0 Å². The predicted molar refractivity (Wildman–Crippen MR) is 96.5 cm³/mol. The first-order valence-electron chi connectivity index (χ1n) is 8.15. The van der Waals surface area contributed by atoms with E-state index in [-0.39, 0.29) is 16.6 Å². The molecule has 1 N–H and O–H groups in total. The van der Waals surface area contributed by atoms with Gasteiger partial charge in [0.25, 0.3) is 0 Å². The van der Waals surface area contributed by atoms with Gasteiger partial charge in [0.15, 0.2) is 10.8 Å².